The zero-order chi connectivity index (χ0) is 16.2. The molecule has 3 nitrogen and oxygen atoms in total. The molecule has 1 aromatic carbocycles. The molecule has 110 valence electrons. The summed E-state index contributed by atoms with van der Waals surface area (Å²) in [5.74, 6) is -0.0861. The van der Waals surface area contributed by atoms with Gasteiger partial charge in [0.2, 0.25) is 0 Å². The van der Waals surface area contributed by atoms with Crippen molar-refractivity contribution < 1.29 is 13.2 Å². The maximum absolute atomic E-state index is 13.2. The van der Waals surface area contributed by atoms with E-state index < -0.39 is 17.3 Å². The van der Waals surface area contributed by atoms with Crippen molar-refractivity contribution in [3.8, 4) is 23.4 Å². The van der Waals surface area contributed by atoms with E-state index in [2.05, 4.69) is 4.98 Å². The van der Waals surface area contributed by atoms with Crippen LogP contribution in [0.5, 0.6) is 0 Å². The van der Waals surface area contributed by atoms with Gasteiger partial charge < -0.3 is 0 Å². The van der Waals surface area contributed by atoms with E-state index in [0.29, 0.717) is 5.56 Å². The van der Waals surface area contributed by atoms with Gasteiger partial charge >= 0.3 is 6.18 Å². The van der Waals surface area contributed by atoms with Crippen molar-refractivity contribution in [1.82, 2.24) is 4.98 Å². The van der Waals surface area contributed by atoms with Crippen molar-refractivity contribution in [1.29, 1.82) is 10.5 Å². The third-order valence-corrected chi connectivity index (χ3v) is 3.59. The SMILES string of the molecule is N#CCSc1nc(-c2ccccc2)cc(C(F)(F)F)c1C#N. The maximum Gasteiger partial charge on any atom is 0.417 e. The molecule has 2 rings (SSSR count). The van der Waals surface area contributed by atoms with E-state index in [0.717, 1.165) is 17.8 Å². The van der Waals surface area contributed by atoms with Gasteiger partial charge in [-0.3, -0.25) is 0 Å². The number of nitriles is 2. The first-order valence-corrected chi connectivity index (χ1v) is 7.03. The summed E-state index contributed by atoms with van der Waals surface area (Å²) in [4.78, 5) is 4.11. The Morgan fingerprint density at radius 3 is 2.36 bits per heavy atom. The van der Waals surface area contributed by atoms with Gasteiger partial charge in [-0.2, -0.15) is 23.7 Å². The predicted octanol–water partition coefficient (Wildman–Crippen LogP) is 4.25. The van der Waals surface area contributed by atoms with E-state index in [1.54, 1.807) is 36.4 Å². The number of thioether (sulfide) groups is 1. The fraction of sp³-hybridized carbons (Fsp3) is 0.133. The minimum atomic E-state index is -4.67. The minimum Gasteiger partial charge on any atom is -0.240 e. The number of hydrogen-bond acceptors (Lipinski definition) is 4. The van der Waals surface area contributed by atoms with Crippen LogP contribution in [-0.2, 0) is 6.18 Å². The van der Waals surface area contributed by atoms with Crippen LogP contribution in [0.2, 0.25) is 0 Å². The number of aromatic nitrogens is 1. The summed E-state index contributed by atoms with van der Waals surface area (Å²) in [6, 6.07) is 12.6. The first kappa shape index (κ1) is 15.9. The van der Waals surface area contributed by atoms with Crippen LogP contribution >= 0.6 is 11.8 Å². The Balaban J connectivity index is 2.68. The minimum absolute atomic E-state index is 0.0854. The maximum atomic E-state index is 13.2. The molecule has 22 heavy (non-hydrogen) atoms. The molecule has 0 saturated carbocycles. The Morgan fingerprint density at radius 1 is 1.14 bits per heavy atom. The lowest BCUT2D eigenvalue weighted by atomic mass is 10.1. The zero-order valence-electron chi connectivity index (χ0n) is 11.1. The fourth-order valence-corrected chi connectivity index (χ4v) is 2.48. The molecule has 0 atom stereocenters. The standard InChI is InChI=1S/C15H8F3N3S/c16-15(17,18)12-8-13(10-4-2-1-3-5-10)21-14(11(12)9-20)22-7-6-19/h1-5,8H,7H2. The number of rotatable bonds is 3. The van der Waals surface area contributed by atoms with E-state index in [1.807, 2.05) is 6.07 Å². The molecule has 0 radical (unpaired) electrons. The quantitative estimate of drug-likeness (QED) is 0.793. The van der Waals surface area contributed by atoms with Crippen LogP contribution in [0.1, 0.15) is 11.1 Å². The average molecular weight is 319 g/mol. The molecule has 0 unspecified atom stereocenters. The zero-order valence-corrected chi connectivity index (χ0v) is 11.9. The molecule has 0 aliphatic rings. The summed E-state index contributed by atoms with van der Waals surface area (Å²) in [6.45, 7) is 0. The predicted molar refractivity (Wildman–Crippen MR) is 75.7 cm³/mol. The van der Waals surface area contributed by atoms with Crippen LogP contribution in [0.25, 0.3) is 11.3 Å². The van der Waals surface area contributed by atoms with Gasteiger partial charge in [-0.1, -0.05) is 42.1 Å². The number of nitrogens with zero attached hydrogens (tertiary/aromatic N) is 3. The van der Waals surface area contributed by atoms with Gasteiger partial charge in [0.05, 0.1) is 28.6 Å². The highest BCUT2D eigenvalue weighted by Crippen LogP contribution is 2.37. The van der Waals surface area contributed by atoms with Crippen LogP contribution in [0.15, 0.2) is 41.4 Å². The topological polar surface area (TPSA) is 60.5 Å². The molecule has 0 N–H and O–H groups in total. The summed E-state index contributed by atoms with van der Waals surface area (Å²) >= 11 is 0.816. The summed E-state index contributed by atoms with van der Waals surface area (Å²) in [5.41, 5.74) is -0.958. The van der Waals surface area contributed by atoms with E-state index in [1.165, 1.54) is 0 Å². The monoisotopic (exact) mass is 319 g/mol. The van der Waals surface area contributed by atoms with Crippen LogP contribution in [0.4, 0.5) is 13.2 Å². The van der Waals surface area contributed by atoms with Crippen molar-refractivity contribution in [2.45, 2.75) is 11.2 Å². The molecular formula is C15H8F3N3S. The van der Waals surface area contributed by atoms with Gasteiger partial charge in [-0.25, -0.2) is 4.98 Å². The number of halogens is 3. The van der Waals surface area contributed by atoms with Gasteiger partial charge in [0.25, 0.3) is 0 Å². The smallest absolute Gasteiger partial charge is 0.240 e. The van der Waals surface area contributed by atoms with Gasteiger partial charge in [0.1, 0.15) is 11.1 Å². The highest BCUT2D eigenvalue weighted by atomic mass is 32.2. The molecule has 0 fully saturated rings. The molecule has 0 aliphatic carbocycles. The average Bonchev–Trinajstić information content (AvgIpc) is 2.51. The number of alkyl halides is 3. The molecule has 0 amide bonds. The van der Waals surface area contributed by atoms with Crippen LogP contribution in [-0.4, -0.2) is 10.7 Å². The van der Waals surface area contributed by atoms with Crippen LogP contribution < -0.4 is 0 Å². The number of benzene rings is 1. The highest BCUT2D eigenvalue weighted by molar-refractivity contribution is 7.99. The summed E-state index contributed by atoms with van der Waals surface area (Å²) in [5, 5.41) is 17.6. The Hall–Kier alpha value is -2.51. The Bertz CT molecular complexity index is 759. The highest BCUT2D eigenvalue weighted by Gasteiger charge is 2.36. The fourth-order valence-electron chi connectivity index (χ4n) is 1.82. The molecule has 1 heterocycles. The van der Waals surface area contributed by atoms with E-state index >= 15 is 0 Å². The Labute approximate surface area is 129 Å². The molecule has 1 aromatic heterocycles. The van der Waals surface area contributed by atoms with Crippen LogP contribution in [0.3, 0.4) is 0 Å². The van der Waals surface area contributed by atoms with Gasteiger partial charge in [0, 0.05) is 5.56 Å². The molecule has 0 spiro atoms. The first-order chi connectivity index (χ1) is 10.5. The molecular weight excluding hydrogens is 311 g/mol. The largest absolute Gasteiger partial charge is 0.417 e. The van der Waals surface area contributed by atoms with Gasteiger partial charge in [-0.15, -0.1) is 0 Å². The summed E-state index contributed by atoms with van der Waals surface area (Å²) in [7, 11) is 0. The van der Waals surface area contributed by atoms with E-state index in [4.69, 9.17) is 10.5 Å². The van der Waals surface area contributed by atoms with Gasteiger partial charge in [-0.05, 0) is 6.07 Å². The molecule has 7 heteroatoms. The van der Waals surface area contributed by atoms with Crippen molar-refractivity contribution in [2.75, 3.05) is 5.75 Å². The molecule has 0 aliphatic heterocycles. The summed E-state index contributed by atoms with van der Waals surface area (Å²) in [6.07, 6.45) is -4.67. The summed E-state index contributed by atoms with van der Waals surface area (Å²) < 4.78 is 39.5. The van der Waals surface area contributed by atoms with E-state index in [-0.39, 0.29) is 16.5 Å². The number of hydrogen-bond donors (Lipinski definition) is 0. The van der Waals surface area contributed by atoms with Crippen molar-refractivity contribution in [2.24, 2.45) is 0 Å². The van der Waals surface area contributed by atoms with Gasteiger partial charge in [0.15, 0.2) is 0 Å². The third kappa shape index (κ3) is 3.38. The van der Waals surface area contributed by atoms with E-state index in [9.17, 15) is 13.2 Å². The normalized spacial score (nSPS) is 10.8. The molecule has 0 saturated heterocycles. The Morgan fingerprint density at radius 2 is 1.82 bits per heavy atom. The first-order valence-electron chi connectivity index (χ1n) is 6.05. The van der Waals surface area contributed by atoms with Crippen molar-refractivity contribution in [3.05, 3.63) is 47.5 Å². The second-order valence-corrected chi connectivity index (χ2v) is 5.12. The third-order valence-electron chi connectivity index (χ3n) is 2.75. The molecule has 2 aromatic rings. The molecule has 0 bridgehead atoms. The van der Waals surface area contributed by atoms with Crippen molar-refractivity contribution in [3.63, 3.8) is 0 Å². The Kier molecular flexibility index (Phi) is 4.69. The lowest BCUT2D eigenvalue weighted by molar-refractivity contribution is -0.138. The lowest BCUT2D eigenvalue weighted by Crippen LogP contribution is -2.10. The van der Waals surface area contributed by atoms with Crippen LogP contribution in [0, 0.1) is 22.7 Å². The second-order valence-electron chi connectivity index (χ2n) is 4.16. The second kappa shape index (κ2) is 6.50. The van der Waals surface area contributed by atoms with Crippen molar-refractivity contribution >= 4 is 11.8 Å². The number of pyridine rings is 1. The lowest BCUT2D eigenvalue weighted by Gasteiger charge is -2.13.